The zero-order valence-corrected chi connectivity index (χ0v) is 17.2. The van der Waals surface area contributed by atoms with Gasteiger partial charge in [0.05, 0.1) is 12.9 Å². The van der Waals surface area contributed by atoms with E-state index in [0.29, 0.717) is 17.7 Å². The Labute approximate surface area is 181 Å². The van der Waals surface area contributed by atoms with Crippen LogP contribution in [0.15, 0.2) is 97.6 Å². The van der Waals surface area contributed by atoms with Crippen LogP contribution in [0.3, 0.4) is 0 Å². The number of carbonyl (C=O) groups excluding carboxylic acids is 2. The Hall–Kier alpha value is -3.99. The molecule has 0 aliphatic heterocycles. The van der Waals surface area contributed by atoms with Gasteiger partial charge in [0.15, 0.2) is 5.78 Å². The van der Waals surface area contributed by atoms with Crippen molar-refractivity contribution in [3.05, 3.63) is 114 Å². The maximum atomic E-state index is 13.1. The van der Waals surface area contributed by atoms with Gasteiger partial charge in [0.25, 0.3) is 5.91 Å². The van der Waals surface area contributed by atoms with E-state index < -0.39 is 6.04 Å². The van der Waals surface area contributed by atoms with Crippen molar-refractivity contribution < 1.29 is 9.59 Å². The predicted molar refractivity (Wildman–Crippen MR) is 121 cm³/mol. The quantitative estimate of drug-likeness (QED) is 0.456. The second-order valence-corrected chi connectivity index (χ2v) is 7.46. The van der Waals surface area contributed by atoms with Crippen molar-refractivity contribution in [1.82, 2.24) is 14.9 Å². The molecule has 3 aromatic carbocycles. The van der Waals surface area contributed by atoms with E-state index in [1.54, 1.807) is 47.6 Å². The van der Waals surface area contributed by atoms with Gasteiger partial charge in [0.2, 0.25) is 0 Å². The van der Waals surface area contributed by atoms with Gasteiger partial charge in [-0.3, -0.25) is 9.59 Å². The highest BCUT2D eigenvalue weighted by Gasteiger charge is 2.23. The van der Waals surface area contributed by atoms with Crippen LogP contribution in [0.5, 0.6) is 0 Å². The summed E-state index contributed by atoms with van der Waals surface area (Å²) in [4.78, 5) is 30.0. The highest BCUT2D eigenvalue weighted by atomic mass is 16.2. The lowest BCUT2D eigenvalue weighted by molar-refractivity contribution is 0.0847. The second kappa shape index (κ2) is 9.22. The van der Waals surface area contributed by atoms with Gasteiger partial charge in [0, 0.05) is 23.5 Å². The number of carbonyl (C=O) groups is 2. The van der Waals surface area contributed by atoms with Gasteiger partial charge in [-0.1, -0.05) is 72.3 Å². The molecule has 1 atom stereocenters. The smallest absolute Gasteiger partial charge is 0.251 e. The number of nitrogens with zero attached hydrogens (tertiary/aromatic N) is 2. The van der Waals surface area contributed by atoms with E-state index >= 15 is 0 Å². The fraction of sp³-hybridized carbons (Fsp3) is 0.115. The monoisotopic (exact) mass is 409 g/mol. The van der Waals surface area contributed by atoms with Gasteiger partial charge in [-0.25, -0.2) is 4.98 Å². The fourth-order valence-corrected chi connectivity index (χ4v) is 3.40. The molecule has 5 nitrogen and oxygen atoms in total. The molecule has 31 heavy (non-hydrogen) atoms. The number of hydrogen-bond acceptors (Lipinski definition) is 3. The van der Waals surface area contributed by atoms with E-state index in [2.05, 4.69) is 34.6 Å². The Morgan fingerprint density at radius 2 is 1.52 bits per heavy atom. The molecule has 4 aromatic rings. The van der Waals surface area contributed by atoms with Crippen LogP contribution in [-0.4, -0.2) is 27.3 Å². The predicted octanol–water partition coefficient (Wildman–Crippen LogP) is 4.54. The third-order valence-electron chi connectivity index (χ3n) is 5.16. The Morgan fingerprint density at radius 1 is 0.871 bits per heavy atom. The number of aryl methyl sites for hydroxylation is 1. The molecule has 1 unspecified atom stereocenters. The fourth-order valence-electron chi connectivity index (χ4n) is 3.40. The zero-order valence-electron chi connectivity index (χ0n) is 17.2. The van der Waals surface area contributed by atoms with Gasteiger partial charge in [-0.2, -0.15) is 0 Å². The summed E-state index contributed by atoms with van der Waals surface area (Å²) in [5.41, 5.74) is 4.39. The van der Waals surface area contributed by atoms with Crippen LogP contribution in [0.2, 0.25) is 0 Å². The van der Waals surface area contributed by atoms with Crippen LogP contribution in [0.4, 0.5) is 0 Å². The minimum atomic E-state index is -0.708. The van der Waals surface area contributed by atoms with E-state index in [4.69, 9.17) is 0 Å². The van der Waals surface area contributed by atoms with Gasteiger partial charge in [0.1, 0.15) is 6.04 Å². The zero-order chi connectivity index (χ0) is 21.6. The van der Waals surface area contributed by atoms with E-state index in [1.807, 2.05) is 37.3 Å². The number of Topliss-reactive ketones (excluding diaryl/α,β-unsaturated/α-hetero) is 1. The minimum Gasteiger partial charge on any atom is -0.340 e. The van der Waals surface area contributed by atoms with Crippen LogP contribution in [-0.2, 0) is 6.54 Å². The summed E-state index contributed by atoms with van der Waals surface area (Å²) in [5.74, 6) is -0.427. The van der Waals surface area contributed by atoms with Crippen molar-refractivity contribution in [3.8, 4) is 11.1 Å². The third-order valence-corrected chi connectivity index (χ3v) is 5.16. The molecule has 0 bridgehead atoms. The average Bonchev–Trinajstić information content (AvgIpc) is 3.32. The molecule has 0 saturated heterocycles. The molecule has 0 spiro atoms. The first-order valence-corrected chi connectivity index (χ1v) is 10.1. The summed E-state index contributed by atoms with van der Waals surface area (Å²) in [5, 5.41) is 2.90. The summed E-state index contributed by atoms with van der Waals surface area (Å²) in [6.45, 7) is 2.36. The molecule has 0 radical (unpaired) electrons. The van der Waals surface area contributed by atoms with Crippen LogP contribution >= 0.6 is 0 Å². The first-order valence-electron chi connectivity index (χ1n) is 10.1. The number of benzene rings is 3. The summed E-state index contributed by atoms with van der Waals surface area (Å²) in [6, 6.07) is 23.9. The molecule has 0 aliphatic carbocycles. The maximum absolute atomic E-state index is 13.1. The van der Waals surface area contributed by atoms with Crippen molar-refractivity contribution in [2.45, 2.75) is 19.5 Å². The number of aromatic nitrogens is 2. The van der Waals surface area contributed by atoms with Crippen LogP contribution in [0.25, 0.3) is 11.1 Å². The Kier molecular flexibility index (Phi) is 6.03. The van der Waals surface area contributed by atoms with Crippen molar-refractivity contribution in [2.75, 3.05) is 0 Å². The minimum absolute atomic E-state index is 0.140. The number of imidazole rings is 1. The van der Waals surface area contributed by atoms with Crippen molar-refractivity contribution >= 4 is 11.7 Å². The van der Waals surface area contributed by atoms with E-state index in [-0.39, 0.29) is 11.7 Å². The van der Waals surface area contributed by atoms with E-state index in [0.717, 1.165) is 11.1 Å². The molecule has 0 fully saturated rings. The Balaban J connectivity index is 1.52. The molecule has 5 heteroatoms. The molecule has 1 amide bonds. The van der Waals surface area contributed by atoms with Crippen molar-refractivity contribution in [1.29, 1.82) is 0 Å². The third kappa shape index (κ3) is 4.95. The lowest BCUT2D eigenvalue weighted by Crippen LogP contribution is -2.43. The van der Waals surface area contributed by atoms with E-state index in [1.165, 1.54) is 5.56 Å². The van der Waals surface area contributed by atoms with Crippen LogP contribution in [0, 0.1) is 6.92 Å². The van der Waals surface area contributed by atoms with Gasteiger partial charge >= 0.3 is 0 Å². The largest absolute Gasteiger partial charge is 0.340 e. The highest BCUT2D eigenvalue weighted by molar-refractivity contribution is 6.04. The van der Waals surface area contributed by atoms with Gasteiger partial charge < -0.3 is 9.88 Å². The van der Waals surface area contributed by atoms with Crippen LogP contribution < -0.4 is 5.32 Å². The number of ketones is 1. The highest BCUT2D eigenvalue weighted by Crippen LogP contribution is 2.20. The number of nitrogens with one attached hydrogen (secondary N) is 1. The van der Waals surface area contributed by atoms with Crippen LogP contribution in [0.1, 0.15) is 26.3 Å². The topological polar surface area (TPSA) is 64.0 Å². The summed E-state index contributed by atoms with van der Waals surface area (Å²) >= 11 is 0. The first-order chi connectivity index (χ1) is 15.1. The lowest BCUT2D eigenvalue weighted by atomic mass is 10.0. The molecule has 1 heterocycles. The van der Waals surface area contributed by atoms with Gasteiger partial charge in [-0.05, 0) is 30.2 Å². The number of hydrogen-bond donors (Lipinski definition) is 1. The Bertz CT molecular complexity index is 1150. The SMILES string of the molecule is Cc1ccc(-c2ccc(C(=O)NC(Cn3ccnc3)C(=O)c3ccccc3)cc2)cc1. The normalized spacial score (nSPS) is 11.6. The second-order valence-electron chi connectivity index (χ2n) is 7.46. The molecule has 1 N–H and O–H groups in total. The van der Waals surface area contributed by atoms with Crippen molar-refractivity contribution in [2.24, 2.45) is 0 Å². The molecule has 1 aromatic heterocycles. The summed E-state index contributed by atoms with van der Waals surface area (Å²) < 4.78 is 1.78. The standard InChI is InChI=1S/C26H23N3O2/c1-19-7-9-20(10-8-19)21-11-13-23(14-12-21)26(31)28-24(17-29-16-15-27-18-29)25(30)22-5-3-2-4-6-22/h2-16,18,24H,17H2,1H3,(H,28,31). The lowest BCUT2D eigenvalue weighted by Gasteiger charge is -2.18. The average molecular weight is 409 g/mol. The van der Waals surface area contributed by atoms with Gasteiger partial charge in [-0.15, -0.1) is 0 Å². The molecular weight excluding hydrogens is 386 g/mol. The van der Waals surface area contributed by atoms with E-state index in [9.17, 15) is 9.59 Å². The molecule has 4 rings (SSSR count). The molecule has 0 aliphatic rings. The Morgan fingerprint density at radius 3 is 2.13 bits per heavy atom. The number of amides is 1. The van der Waals surface area contributed by atoms with Crippen molar-refractivity contribution in [3.63, 3.8) is 0 Å². The molecule has 154 valence electrons. The number of rotatable bonds is 7. The molecular formula is C26H23N3O2. The maximum Gasteiger partial charge on any atom is 0.251 e. The summed E-state index contributed by atoms with van der Waals surface area (Å²) in [7, 11) is 0. The molecule has 0 saturated carbocycles. The summed E-state index contributed by atoms with van der Waals surface area (Å²) in [6.07, 6.45) is 5.05. The first kappa shape index (κ1) is 20.3.